The van der Waals surface area contributed by atoms with E-state index in [1.54, 1.807) is 11.3 Å². The highest BCUT2D eigenvalue weighted by Crippen LogP contribution is 2.29. The molecule has 2 heterocycles. The van der Waals surface area contributed by atoms with Gasteiger partial charge in [0.2, 0.25) is 0 Å². The summed E-state index contributed by atoms with van der Waals surface area (Å²) in [5, 5.41) is 9.08. The molecule has 20 heavy (non-hydrogen) atoms. The van der Waals surface area contributed by atoms with Gasteiger partial charge in [-0.1, -0.05) is 12.8 Å². The van der Waals surface area contributed by atoms with Crippen molar-refractivity contribution in [1.29, 1.82) is 0 Å². The first-order valence-corrected chi connectivity index (χ1v) is 8.25. The van der Waals surface area contributed by atoms with Gasteiger partial charge in [0.1, 0.15) is 0 Å². The first-order chi connectivity index (χ1) is 9.78. The number of thiophene rings is 1. The van der Waals surface area contributed by atoms with Crippen LogP contribution in [0.5, 0.6) is 0 Å². The van der Waals surface area contributed by atoms with Crippen molar-refractivity contribution in [2.75, 3.05) is 0 Å². The molecule has 2 aromatic rings. The smallest absolute Gasteiger partial charge is 0.0644 e. The van der Waals surface area contributed by atoms with Crippen LogP contribution in [0.2, 0.25) is 0 Å². The van der Waals surface area contributed by atoms with E-state index in [-0.39, 0.29) is 6.04 Å². The molecule has 3 rings (SSSR count). The van der Waals surface area contributed by atoms with Crippen LogP contribution in [-0.2, 0) is 6.42 Å². The van der Waals surface area contributed by atoms with E-state index in [1.165, 1.54) is 36.8 Å². The van der Waals surface area contributed by atoms with Gasteiger partial charge in [-0.05, 0) is 47.7 Å². The van der Waals surface area contributed by atoms with E-state index < -0.39 is 0 Å². The van der Waals surface area contributed by atoms with Gasteiger partial charge in [0.05, 0.1) is 17.8 Å². The van der Waals surface area contributed by atoms with E-state index >= 15 is 0 Å². The molecule has 1 unspecified atom stereocenters. The van der Waals surface area contributed by atoms with Gasteiger partial charge in [0.15, 0.2) is 0 Å². The normalized spacial score (nSPS) is 17.7. The lowest BCUT2D eigenvalue weighted by Gasteiger charge is -2.15. The van der Waals surface area contributed by atoms with Gasteiger partial charge in [-0.3, -0.25) is 16.0 Å². The Morgan fingerprint density at radius 1 is 1.45 bits per heavy atom. The standard InChI is InChI=1S/C15H22N4S/c1-11-9-20-10-14(11)15(17-16)8-12-6-7-19(18-12)13-4-2-3-5-13/h6-7,9-10,13,15,17H,2-5,8,16H2,1H3. The summed E-state index contributed by atoms with van der Waals surface area (Å²) in [6.45, 7) is 2.13. The number of rotatable bonds is 5. The lowest BCUT2D eigenvalue weighted by atomic mass is 10.0. The maximum atomic E-state index is 5.73. The van der Waals surface area contributed by atoms with Gasteiger partial charge < -0.3 is 0 Å². The van der Waals surface area contributed by atoms with Gasteiger partial charge in [-0.25, -0.2) is 0 Å². The van der Waals surface area contributed by atoms with E-state index in [9.17, 15) is 0 Å². The largest absolute Gasteiger partial charge is 0.271 e. The van der Waals surface area contributed by atoms with Crippen LogP contribution in [-0.4, -0.2) is 9.78 Å². The van der Waals surface area contributed by atoms with E-state index in [0.717, 1.165) is 12.1 Å². The molecule has 4 nitrogen and oxygen atoms in total. The minimum atomic E-state index is 0.146. The molecule has 0 aliphatic heterocycles. The SMILES string of the molecule is Cc1cscc1C(Cc1ccn(C2CCCC2)n1)NN. The first kappa shape index (κ1) is 13.8. The zero-order valence-electron chi connectivity index (χ0n) is 11.9. The van der Waals surface area contributed by atoms with Crippen molar-refractivity contribution in [2.24, 2.45) is 5.84 Å². The summed E-state index contributed by atoms with van der Waals surface area (Å²) in [5.41, 5.74) is 6.63. The quantitative estimate of drug-likeness (QED) is 0.657. The average molecular weight is 290 g/mol. The fraction of sp³-hybridized carbons (Fsp3) is 0.533. The average Bonchev–Trinajstić information content (AvgIpc) is 3.17. The lowest BCUT2D eigenvalue weighted by molar-refractivity contribution is 0.457. The van der Waals surface area contributed by atoms with E-state index in [0.29, 0.717) is 6.04 Å². The molecule has 5 heteroatoms. The van der Waals surface area contributed by atoms with Crippen LogP contribution in [0, 0.1) is 6.92 Å². The molecule has 1 saturated carbocycles. The molecule has 108 valence electrons. The Bertz CT molecular complexity index is 554. The molecule has 1 aliphatic carbocycles. The summed E-state index contributed by atoms with van der Waals surface area (Å²) in [4.78, 5) is 0. The zero-order valence-corrected chi connectivity index (χ0v) is 12.7. The van der Waals surface area contributed by atoms with Crippen molar-refractivity contribution in [3.63, 3.8) is 0 Å². The Balaban J connectivity index is 1.71. The fourth-order valence-corrected chi connectivity index (χ4v) is 3.96. The number of hydrogen-bond acceptors (Lipinski definition) is 4. The highest BCUT2D eigenvalue weighted by Gasteiger charge is 2.19. The van der Waals surface area contributed by atoms with E-state index in [2.05, 4.69) is 40.1 Å². The molecule has 2 aromatic heterocycles. The summed E-state index contributed by atoms with van der Waals surface area (Å²) < 4.78 is 2.15. The summed E-state index contributed by atoms with van der Waals surface area (Å²) in [6.07, 6.45) is 8.17. The number of nitrogens with zero attached hydrogens (tertiary/aromatic N) is 2. The van der Waals surface area contributed by atoms with E-state index in [1.807, 2.05) is 0 Å². The molecule has 0 saturated heterocycles. The van der Waals surface area contributed by atoms with Crippen LogP contribution in [0.25, 0.3) is 0 Å². The molecule has 3 N–H and O–H groups in total. The molecule has 1 aliphatic rings. The number of aromatic nitrogens is 2. The number of hydrogen-bond donors (Lipinski definition) is 2. The molecular weight excluding hydrogens is 268 g/mol. The molecule has 0 amide bonds. The summed E-state index contributed by atoms with van der Waals surface area (Å²) >= 11 is 1.72. The third kappa shape index (κ3) is 2.80. The lowest BCUT2D eigenvalue weighted by Crippen LogP contribution is -2.29. The van der Waals surface area contributed by atoms with Crippen LogP contribution in [0.1, 0.15) is 54.6 Å². The summed E-state index contributed by atoms with van der Waals surface area (Å²) in [7, 11) is 0. The Kier molecular flexibility index (Phi) is 4.19. The molecule has 0 bridgehead atoms. The van der Waals surface area contributed by atoms with Crippen LogP contribution in [0.15, 0.2) is 23.0 Å². The van der Waals surface area contributed by atoms with Crippen LogP contribution < -0.4 is 11.3 Å². The highest BCUT2D eigenvalue weighted by molar-refractivity contribution is 7.08. The second-order valence-electron chi connectivity index (χ2n) is 5.66. The Morgan fingerprint density at radius 2 is 2.25 bits per heavy atom. The molecule has 0 radical (unpaired) electrons. The Labute approximate surface area is 124 Å². The highest BCUT2D eigenvalue weighted by atomic mass is 32.1. The molecule has 1 atom stereocenters. The van der Waals surface area contributed by atoms with Crippen molar-refractivity contribution in [1.82, 2.24) is 15.2 Å². The predicted octanol–water partition coefficient (Wildman–Crippen LogP) is 3.12. The minimum absolute atomic E-state index is 0.146. The maximum absolute atomic E-state index is 5.73. The van der Waals surface area contributed by atoms with Gasteiger partial charge in [0.25, 0.3) is 0 Å². The van der Waals surface area contributed by atoms with Gasteiger partial charge in [-0.2, -0.15) is 16.4 Å². The molecule has 1 fully saturated rings. The van der Waals surface area contributed by atoms with Crippen molar-refractivity contribution < 1.29 is 0 Å². The van der Waals surface area contributed by atoms with Gasteiger partial charge >= 0.3 is 0 Å². The van der Waals surface area contributed by atoms with Crippen LogP contribution >= 0.6 is 11.3 Å². The first-order valence-electron chi connectivity index (χ1n) is 7.31. The van der Waals surface area contributed by atoms with Gasteiger partial charge in [-0.15, -0.1) is 0 Å². The number of nitrogens with one attached hydrogen (secondary N) is 1. The van der Waals surface area contributed by atoms with Crippen molar-refractivity contribution in [3.8, 4) is 0 Å². The zero-order chi connectivity index (χ0) is 13.9. The monoisotopic (exact) mass is 290 g/mol. The molecule has 0 spiro atoms. The molecule has 0 aromatic carbocycles. The minimum Gasteiger partial charge on any atom is -0.271 e. The Morgan fingerprint density at radius 3 is 2.90 bits per heavy atom. The number of aryl methyl sites for hydroxylation is 1. The fourth-order valence-electron chi connectivity index (χ4n) is 3.05. The van der Waals surface area contributed by atoms with Crippen LogP contribution in [0.4, 0.5) is 0 Å². The topological polar surface area (TPSA) is 55.9 Å². The Hall–Kier alpha value is -1.17. The van der Waals surface area contributed by atoms with Crippen LogP contribution in [0.3, 0.4) is 0 Å². The predicted molar refractivity (Wildman–Crippen MR) is 82.6 cm³/mol. The summed E-state index contributed by atoms with van der Waals surface area (Å²) in [5.74, 6) is 5.73. The second-order valence-corrected chi connectivity index (χ2v) is 6.40. The maximum Gasteiger partial charge on any atom is 0.0644 e. The number of nitrogens with two attached hydrogens (primary N) is 1. The van der Waals surface area contributed by atoms with Gasteiger partial charge in [0, 0.05) is 12.6 Å². The summed E-state index contributed by atoms with van der Waals surface area (Å²) in [6, 6.07) is 2.88. The molecular formula is C15H22N4S. The van der Waals surface area contributed by atoms with E-state index in [4.69, 9.17) is 10.9 Å². The third-order valence-electron chi connectivity index (χ3n) is 4.25. The van der Waals surface area contributed by atoms with Crippen molar-refractivity contribution in [3.05, 3.63) is 39.8 Å². The second kappa shape index (κ2) is 6.08. The number of hydrazine groups is 1. The third-order valence-corrected chi connectivity index (χ3v) is 5.13. The van der Waals surface area contributed by atoms with Crippen molar-refractivity contribution in [2.45, 2.75) is 51.1 Å². The van der Waals surface area contributed by atoms with Crippen molar-refractivity contribution >= 4 is 11.3 Å².